The third-order valence-corrected chi connectivity index (χ3v) is 2.13. The maximum Gasteiger partial charge on any atom is 0.434 e. The second-order valence-corrected chi connectivity index (χ2v) is 3.19. The van der Waals surface area contributed by atoms with Gasteiger partial charge in [-0.05, 0) is 25.0 Å². The molecule has 0 spiro atoms. The molecule has 0 atom stereocenters. The lowest BCUT2D eigenvalue weighted by Gasteiger charge is -2.03. The molecule has 0 aliphatic rings. The molecule has 0 saturated heterocycles. The Morgan fingerprint density at radius 2 is 1.93 bits per heavy atom. The van der Waals surface area contributed by atoms with E-state index in [0.717, 1.165) is 16.7 Å². The molecule has 2 rings (SSSR count). The summed E-state index contributed by atoms with van der Waals surface area (Å²) >= 11 is 0. The Balaban J connectivity index is 2.67. The molecule has 1 heterocycles. The Morgan fingerprint density at radius 3 is 2.43 bits per heavy atom. The third kappa shape index (κ3) is 1.35. The van der Waals surface area contributed by atoms with E-state index in [1.54, 1.807) is 0 Å². The topological polar surface area (TPSA) is 58.9 Å². The lowest BCUT2D eigenvalue weighted by Crippen LogP contribution is -1.93. The molecule has 0 amide bonds. The van der Waals surface area contributed by atoms with Crippen LogP contribution in [0.15, 0.2) is 27.4 Å². The molecule has 0 aliphatic heterocycles. The van der Waals surface area contributed by atoms with E-state index in [0.29, 0.717) is 5.89 Å². The molecular weight excluding hydrogens is 180 g/mol. The van der Waals surface area contributed by atoms with Gasteiger partial charge < -0.3 is 4.42 Å². The maximum atomic E-state index is 10.8. The highest BCUT2D eigenvalue weighted by Gasteiger charge is 2.10. The number of aryl methyl sites for hydroxylation is 2. The second kappa shape index (κ2) is 3.14. The predicted octanol–water partition coefficient (Wildman–Crippen LogP) is 1.65. The molecule has 1 aromatic heterocycles. The minimum absolute atomic E-state index is 0.352. The van der Waals surface area contributed by atoms with Gasteiger partial charge in [0, 0.05) is 5.56 Å². The van der Waals surface area contributed by atoms with Gasteiger partial charge >= 0.3 is 5.76 Å². The molecule has 0 unspecified atom stereocenters. The highest BCUT2D eigenvalue weighted by Crippen LogP contribution is 2.23. The molecule has 0 bridgehead atoms. The highest BCUT2D eigenvalue weighted by molar-refractivity contribution is 5.62. The van der Waals surface area contributed by atoms with E-state index < -0.39 is 5.76 Å². The number of H-pyrrole nitrogens is 1. The molecule has 0 radical (unpaired) electrons. The lowest BCUT2D eigenvalue weighted by atomic mass is 10.0. The SMILES string of the molecule is Cc1cccc(C)c1-c1n[nH]c(=O)o1. The van der Waals surface area contributed by atoms with Crippen LogP contribution in [0.2, 0.25) is 0 Å². The van der Waals surface area contributed by atoms with E-state index in [9.17, 15) is 4.79 Å². The van der Waals surface area contributed by atoms with Gasteiger partial charge in [0.1, 0.15) is 0 Å². The molecule has 0 saturated carbocycles. The smallest absolute Gasteiger partial charge is 0.388 e. The molecule has 0 fully saturated rings. The summed E-state index contributed by atoms with van der Waals surface area (Å²) in [5, 5.41) is 6.05. The zero-order valence-electron chi connectivity index (χ0n) is 8.00. The van der Waals surface area contributed by atoms with Crippen molar-refractivity contribution in [1.82, 2.24) is 10.2 Å². The fraction of sp³-hybridized carbons (Fsp3) is 0.200. The van der Waals surface area contributed by atoms with Gasteiger partial charge in [-0.25, -0.2) is 9.89 Å². The van der Waals surface area contributed by atoms with Crippen molar-refractivity contribution in [1.29, 1.82) is 0 Å². The molecular formula is C10H10N2O2. The van der Waals surface area contributed by atoms with Crippen molar-refractivity contribution in [3.63, 3.8) is 0 Å². The number of nitrogens with zero attached hydrogens (tertiary/aromatic N) is 1. The van der Waals surface area contributed by atoms with E-state index in [1.807, 2.05) is 32.0 Å². The van der Waals surface area contributed by atoms with Crippen molar-refractivity contribution in [2.24, 2.45) is 0 Å². The first-order valence-corrected chi connectivity index (χ1v) is 4.30. The zero-order chi connectivity index (χ0) is 10.1. The summed E-state index contributed by atoms with van der Waals surface area (Å²) in [6.07, 6.45) is 0. The van der Waals surface area contributed by atoms with Crippen LogP contribution in [0, 0.1) is 13.8 Å². The van der Waals surface area contributed by atoms with Gasteiger partial charge in [-0.3, -0.25) is 0 Å². The summed E-state index contributed by atoms with van der Waals surface area (Å²) in [6.45, 7) is 3.91. The number of aromatic nitrogens is 2. The predicted molar refractivity (Wildman–Crippen MR) is 52.0 cm³/mol. The van der Waals surface area contributed by atoms with Crippen LogP contribution in [-0.4, -0.2) is 10.2 Å². The molecule has 4 nitrogen and oxygen atoms in total. The van der Waals surface area contributed by atoms with E-state index >= 15 is 0 Å². The number of aromatic amines is 1. The van der Waals surface area contributed by atoms with Gasteiger partial charge in [0.25, 0.3) is 0 Å². The van der Waals surface area contributed by atoms with Gasteiger partial charge in [-0.2, -0.15) is 0 Å². The molecule has 1 N–H and O–H groups in total. The first-order chi connectivity index (χ1) is 6.68. The quantitative estimate of drug-likeness (QED) is 0.743. The molecule has 4 heteroatoms. The number of nitrogens with one attached hydrogen (secondary N) is 1. The van der Waals surface area contributed by atoms with E-state index in [1.165, 1.54) is 0 Å². The third-order valence-electron chi connectivity index (χ3n) is 2.13. The molecule has 72 valence electrons. The monoisotopic (exact) mass is 190 g/mol. The summed E-state index contributed by atoms with van der Waals surface area (Å²) in [5.74, 6) is -0.173. The van der Waals surface area contributed by atoms with Gasteiger partial charge in [-0.15, -0.1) is 5.10 Å². The minimum Gasteiger partial charge on any atom is -0.388 e. The van der Waals surface area contributed by atoms with E-state index in [4.69, 9.17) is 4.42 Å². The van der Waals surface area contributed by atoms with Crippen molar-refractivity contribution >= 4 is 0 Å². The van der Waals surface area contributed by atoms with E-state index in [-0.39, 0.29) is 0 Å². The van der Waals surface area contributed by atoms with Crippen molar-refractivity contribution < 1.29 is 4.42 Å². The molecule has 2 aromatic rings. The summed E-state index contributed by atoms with van der Waals surface area (Å²) in [7, 11) is 0. The number of rotatable bonds is 1. The molecule has 0 aliphatic carbocycles. The summed E-state index contributed by atoms with van der Waals surface area (Å²) in [4.78, 5) is 10.8. The number of benzene rings is 1. The van der Waals surface area contributed by atoms with Crippen LogP contribution in [0.1, 0.15) is 11.1 Å². The lowest BCUT2D eigenvalue weighted by molar-refractivity contribution is 0.526. The van der Waals surface area contributed by atoms with Crippen molar-refractivity contribution in [2.45, 2.75) is 13.8 Å². The minimum atomic E-state index is -0.525. The zero-order valence-corrected chi connectivity index (χ0v) is 8.00. The first kappa shape index (κ1) is 8.74. The summed E-state index contributed by atoms with van der Waals surface area (Å²) in [5.41, 5.74) is 2.96. The number of hydrogen-bond donors (Lipinski definition) is 1. The number of hydrogen-bond acceptors (Lipinski definition) is 3. The van der Waals surface area contributed by atoms with Crippen molar-refractivity contribution in [3.8, 4) is 11.5 Å². The van der Waals surface area contributed by atoms with Crippen LogP contribution in [0.25, 0.3) is 11.5 Å². The highest BCUT2D eigenvalue weighted by atomic mass is 16.4. The average molecular weight is 190 g/mol. The fourth-order valence-corrected chi connectivity index (χ4v) is 1.49. The first-order valence-electron chi connectivity index (χ1n) is 4.30. The Kier molecular flexibility index (Phi) is 1.96. The molecule has 1 aromatic carbocycles. The van der Waals surface area contributed by atoms with Crippen LogP contribution >= 0.6 is 0 Å². The van der Waals surface area contributed by atoms with Gasteiger partial charge in [0.05, 0.1) is 0 Å². The fourth-order valence-electron chi connectivity index (χ4n) is 1.49. The van der Waals surface area contributed by atoms with Crippen LogP contribution < -0.4 is 5.76 Å². The van der Waals surface area contributed by atoms with Crippen LogP contribution in [0.5, 0.6) is 0 Å². The van der Waals surface area contributed by atoms with Crippen molar-refractivity contribution in [3.05, 3.63) is 39.9 Å². The Hall–Kier alpha value is -1.84. The summed E-state index contributed by atoms with van der Waals surface area (Å²) < 4.78 is 4.91. The van der Waals surface area contributed by atoms with Gasteiger partial charge in [0.15, 0.2) is 0 Å². The molecule has 14 heavy (non-hydrogen) atoms. The Labute approximate surface area is 80.6 Å². The van der Waals surface area contributed by atoms with Gasteiger partial charge in [0.2, 0.25) is 5.89 Å². The van der Waals surface area contributed by atoms with Crippen LogP contribution in [0.4, 0.5) is 0 Å². The van der Waals surface area contributed by atoms with Crippen LogP contribution in [0.3, 0.4) is 0 Å². The standard InChI is InChI=1S/C10H10N2O2/c1-6-4-3-5-7(2)8(6)9-11-12-10(13)14-9/h3-5H,1-2H3,(H,12,13). The van der Waals surface area contributed by atoms with Crippen molar-refractivity contribution in [2.75, 3.05) is 0 Å². The Bertz CT molecular complexity index is 491. The maximum absolute atomic E-state index is 10.8. The van der Waals surface area contributed by atoms with Crippen LogP contribution in [-0.2, 0) is 0 Å². The van der Waals surface area contributed by atoms with E-state index in [2.05, 4.69) is 10.2 Å². The average Bonchev–Trinajstić information content (AvgIpc) is 2.51. The van der Waals surface area contributed by atoms with Gasteiger partial charge in [-0.1, -0.05) is 18.2 Å². The normalized spacial score (nSPS) is 10.4. The second-order valence-electron chi connectivity index (χ2n) is 3.19. The largest absolute Gasteiger partial charge is 0.434 e. The summed E-state index contributed by atoms with van der Waals surface area (Å²) in [6, 6.07) is 5.87. The Morgan fingerprint density at radius 1 is 1.29 bits per heavy atom.